The normalized spacial score (nSPS) is 32.0. The average Bonchev–Trinajstić information content (AvgIpc) is 2.55. The number of hydrogen-bond acceptors (Lipinski definition) is 2. The molecule has 2 N–H and O–H groups in total. The van der Waals surface area contributed by atoms with Gasteiger partial charge in [-0.25, -0.2) is 4.79 Å². The first-order chi connectivity index (χ1) is 8.99. The molecule has 2 amide bonds. The van der Waals surface area contributed by atoms with Gasteiger partial charge in [-0.05, 0) is 31.1 Å². The lowest BCUT2D eigenvalue weighted by Crippen LogP contribution is -2.54. The monoisotopic (exact) mass is 265 g/mol. The summed E-state index contributed by atoms with van der Waals surface area (Å²) in [6.45, 7) is 7.30. The van der Waals surface area contributed by atoms with Crippen LogP contribution in [0.5, 0.6) is 0 Å². The number of carbonyl (C=O) groups is 1. The number of urea groups is 1. The molecule has 0 aromatic heterocycles. The van der Waals surface area contributed by atoms with Crippen molar-refractivity contribution in [2.75, 3.05) is 6.54 Å². The Morgan fingerprint density at radius 3 is 2.79 bits per heavy atom. The molecule has 1 spiro atoms. The van der Waals surface area contributed by atoms with Crippen molar-refractivity contribution in [2.45, 2.75) is 64.8 Å². The SMILES string of the molecule is CCC1CCCC2(CC1)C(N)=NC(=O)N2CC(C)C. The molecule has 1 saturated carbocycles. The van der Waals surface area contributed by atoms with Gasteiger partial charge in [0.05, 0.1) is 0 Å². The fourth-order valence-electron chi connectivity index (χ4n) is 3.54. The molecule has 0 aromatic rings. The highest BCUT2D eigenvalue weighted by Gasteiger charge is 2.48. The van der Waals surface area contributed by atoms with E-state index in [2.05, 4.69) is 25.8 Å². The van der Waals surface area contributed by atoms with Crippen LogP contribution in [0.25, 0.3) is 0 Å². The van der Waals surface area contributed by atoms with E-state index in [-0.39, 0.29) is 11.6 Å². The van der Waals surface area contributed by atoms with Gasteiger partial charge in [-0.3, -0.25) is 0 Å². The third-order valence-electron chi connectivity index (χ3n) is 4.73. The van der Waals surface area contributed by atoms with Gasteiger partial charge >= 0.3 is 6.03 Å². The lowest BCUT2D eigenvalue weighted by molar-refractivity contribution is 0.148. The van der Waals surface area contributed by atoms with E-state index >= 15 is 0 Å². The van der Waals surface area contributed by atoms with Crippen LogP contribution in [0, 0.1) is 11.8 Å². The van der Waals surface area contributed by atoms with Gasteiger partial charge in [-0.15, -0.1) is 0 Å². The standard InChI is InChI=1S/C15H27N3O/c1-4-12-6-5-8-15(9-7-12)13(16)17-14(19)18(15)10-11(2)3/h11-12H,4-10H2,1-3H3,(H2,16,17,19). The Hall–Kier alpha value is -1.06. The molecule has 1 heterocycles. The highest BCUT2D eigenvalue weighted by Crippen LogP contribution is 2.39. The Morgan fingerprint density at radius 1 is 1.42 bits per heavy atom. The van der Waals surface area contributed by atoms with E-state index in [1.807, 2.05) is 4.90 Å². The summed E-state index contributed by atoms with van der Waals surface area (Å²) in [7, 11) is 0. The number of nitrogens with zero attached hydrogens (tertiary/aromatic N) is 2. The van der Waals surface area contributed by atoms with Crippen LogP contribution < -0.4 is 5.73 Å². The van der Waals surface area contributed by atoms with E-state index in [0.29, 0.717) is 11.8 Å². The van der Waals surface area contributed by atoms with Crippen molar-refractivity contribution in [2.24, 2.45) is 22.6 Å². The van der Waals surface area contributed by atoms with Gasteiger partial charge < -0.3 is 10.6 Å². The molecule has 0 aromatic carbocycles. The molecule has 2 unspecified atom stereocenters. The van der Waals surface area contributed by atoms with Gasteiger partial charge in [0.15, 0.2) is 0 Å². The van der Waals surface area contributed by atoms with E-state index < -0.39 is 0 Å². The smallest absolute Gasteiger partial charge is 0.346 e. The third-order valence-corrected chi connectivity index (χ3v) is 4.73. The maximum absolute atomic E-state index is 12.1. The summed E-state index contributed by atoms with van der Waals surface area (Å²) < 4.78 is 0. The fourth-order valence-corrected chi connectivity index (χ4v) is 3.54. The van der Waals surface area contributed by atoms with Crippen molar-refractivity contribution in [3.05, 3.63) is 0 Å². The summed E-state index contributed by atoms with van der Waals surface area (Å²) in [4.78, 5) is 18.1. The Kier molecular flexibility index (Phi) is 4.16. The molecular weight excluding hydrogens is 238 g/mol. The highest BCUT2D eigenvalue weighted by atomic mass is 16.2. The summed E-state index contributed by atoms with van der Waals surface area (Å²) in [6.07, 6.45) is 6.77. The Bertz CT molecular complexity index is 378. The summed E-state index contributed by atoms with van der Waals surface area (Å²) in [6, 6.07) is -0.124. The molecule has 2 atom stereocenters. The molecule has 4 nitrogen and oxygen atoms in total. The van der Waals surface area contributed by atoms with Crippen molar-refractivity contribution in [3.63, 3.8) is 0 Å². The van der Waals surface area contributed by atoms with Gasteiger partial charge in [0.25, 0.3) is 0 Å². The predicted molar refractivity (Wildman–Crippen MR) is 78.2 cm³/mol. The topological polar surface area (TPSA) is 58.7 Å². The van der Waals surface area contributed by atoms with Gasteiger partial charge in [0.2, 0.25) is 0 Å². The van der Waals surface area contributed by atoms with Crippen LogP contribution in [-0.4, -0.2) is 28.9 Å². The molecule has 4 heteroatoms. The highest BCUT2D eigenvalue weighted by molar-refractivity contribution is 6.05. The van der Waals surface area contributed by atoms with Crippen molar-refractivity contribution in [3.8, 4) is 0 Å². The van der Waals surface area contributed by atoms with E-state index in [1.165, 1.54) is 12.8 Å². The van der Waals surface area contributed by atoms with Gasteiger partial charge in [0, 0.05) is 6.54 Å². The largest absolute Gasteiger partial charge is 0.385 e. The number of nitrogens with two attached hydrogens (primary N) is 1. The molecule has 1 aliphatic heterocycles. The van der Waals surface area contributed by atoms with Crippen LogP contribution in [0.15, 0.2) is 4.99 Å². The molecule has 19 heavy (non-hydrogen) atoms. The zero-order valence-corrected chi connectivity index (χ0v) is 12.5. The first-order valence-corrected chi connectivity index (χ1v) is 7.66. The maximum Gasteiger partial charge on any atom is 0.346 e. The minimum atomic E-state index is -0.273. The Balaban J connectivity index is 2.22. The molecule has 1 fully saturated rings. The molecule has 0 bridgehead atoms. The van der Waals surface area contributed by atoms with Crippen molar-refractivity contribution in [1.82, 2.24) is 4.90 Å². The van der Waals surface area contributed by atoms with E-state index in [0.717, 1.165) is 38.1 Å². The lowest BCUT2D eigenvalue weighted by atomic mass is 9.86. The number of carbonyl (C=O) groups excluding carboxylic acids is 1. The van der Waals surface area contributed by atoms with Crippen LogP contribution in [0.4, 0.5) is 4.79 Å². The molecule has 0 saturated heterocycles. The molecular formula is C15H27N3O. The van der Waals surface area contributed by atoms with E-state index in [9.17, 15) is 4.79 Å². The van der Waals surface area contributed by atoms with Crippen molar-refractivity contribution in [1.29, 1.82) is 0 Å². The first kappa shape index (κ1) is 14.4. The molecule has 2 rings (SSSR count). The van der Waals surface area contributed by atoms with Gasteiger partial charge in [0.1, 0.15) is 11.4 Å². The molecule has 108 valence electrons. The average molecular weight is 265 g/mol. The van der Waals surface area contributed by atoms with Crippen LogP contribution in [-0.2, 0) is 0 Å². The van der Waals surface area contributed by atoms with Crippen molar-refractivity contribution >= 4 is 11.9 Å². The second kappa shape index (κ2) is 5.51. The van der Waals surface area contributed by atoms with E-state index in [4.69, 9.17) is 5.73 Å². The molecule has 2 aliphatic rings. The molecule has 0 radical (unpaired) electrons. The second-order valence-electron chi connectivity index (χ2n) is 6.52. The number of hydrogen-bond donors (Lipinski definition) is 1. The van der Waals surface area contributed by atoms with Crippen LogP contribution in [0.3, 0.4) is 0 Å². The van der Waals surface area contributed by atoms with Crippen LogP contribution >= 0.6 is 0 Å². The third kappa shape index (κ3) is 2.63. The number of rotatable bonds is 3. The summed E-state index contributed by atoms with van der Waals surface area (Å²) in [5, 5.41) is 0. The van der Waals surface area contributed by atoms with Gasteiger partial charge in [-0.2, -0.15) is 4.99 Å². The minimum Gasteiger partial charge on any atom is -0.385 e. The minimum absolute atomic E-state index is 0.124. The fraction of sp³-hybridized carbons (Fsp3) is 0.867. The second-order valence-corrected chi connectivity index (χ2v) is 6.52. The Morgan fingerprint density at radius 2 is 2.16 bits per heavy atom. The zero-order valence-electron chi connectivity index (χ0n) is 12.5. The summed E-state index contributed by atoms with van der Waals surface area (Å²) in [5.74, 6) is 1.80. The van der Waals surface area contributed by atoms with E-state index in [1.54, 1.807) is 0 Å². The lowest BCUT2D eigenvalue weighted by Gasteiger charge is -2.38. The first-order valence-electron chi connectivity index (χ1n) is 7.66. The molecule has 1 aliphatic carbocycles. The summed E-state index contributed by atoms with van der Waals surface area (Å²) >= 11 is 0. The van der Waals surface area contributed by atoms with Crippen molar-refractivity contribution < 1.29 is 4.79 Å². The number of aliphatic imine (C=N–C) groups is 1. The Labute approximate surface area is 116 Å². The predicted octanol–water partition coefficient (Wildman–Crippen LogP) is 3.16. The quantitative estimate of drug-likeness (QED) is 0.852. The van der Waals surface area contributed by atoms with Crippen LogP contribution in [0.2, 0.25) is 0 Å². The number of amides is 2. The maximum atomic E-state index is 12.1. The number of amidine groups is 1. The van der Waals surface area contributed by atoms with Gasteiger partial charge in [-0.1, -0.05) is 40.0 Å². The zero-order chi connectivity index (χ0) is 14.0. The summed E-state index contributed by atoms with van der Waals surface area (Å²) in [5.41, 5.74) is 5.87. The van der Waals surface area contributed by atoms with Crippen LogP contribution in [0.1, 0.15) is 59.3 Å².